The molecule has 1 aliphatic heterocycles. The second-order valence-electron chi connectivity index (χ2n) is 6.98. The summed E-state index contributed by atoms with van der Waals surface area (Å²) < 4.78 is 39.1. The molecule has 0 bridgehead atoms. The molecule has 6 nitrogen and oxygen atoms in total. The normalized spacial score (nSPS) is 14.9. The van der Waals surface area contributed by atoms with E-state index in [4.69, 9.17) is 0 Å². The average molecular weight is 393 g/mol. The number of carbonyl (C=O) groups excluding carboxylic acids is 1. The van der Waals surface area contributed by atoms with E-state index in [0.29, 0.717) is 18.9 Å². The second-order valence-corrected chi connectivity index (χ2v) is 6.98. The first-order chi connectivity index (χ1) is 13.1. The van der Waals surface area contributed by atoms with Gasteiger partial charge in [-0.25, -0.2) is 9.97 Å². The van der Waals surface area contributed by atoms with Crippen LogP contribution in [-0.4, -0.2) is 53.5 Å². The van der Waals surface area contributed by atoms with Crippen LogP contribution in [0.2, 0.25) is 0 Å². The Morgan fingerprint density at radius 1 is 1.25 bits per heavy atom. The lowest BCUT2D eigenvalue weighted by Crippen LogP contribution is -2.59. The minimum absolute atomic E-state index is 0.00648. The summed E-state index contributed by atoms with van der Waals surface area (Å²) in [5.74, 6) is 1.07. The number of aromatic nitrogens is 2. The van der Waals surface area contributed by atoms with E-state index in [2.05, 4.69) is 20.2 Å². The molecule has 1 aromatic carbocycles. The van der Waals surface area contributed by atoms with Crippen molar-refractivity contribution in [1.29, 1.82) is 0 Å². The minimum Gasteiger partial charge on any atom is -0.353 e. The summed E-state index contributed by atoms with van der Waals surface area (Å²) >= 11 is 0. The second kappa shape index (κ2) is 7.75. The Morgan fingerprint density at radius 3 is 2.57 bits per heavy atom. The fraction of sp³-hybridized carbons (Fsp3) is 0.421. The van der Waals surface area contributed by atoms with Gasteiger partial charge in [0.05, 0.1) is 17.8 Å². The van der Waals surface area contributed by atoms with Gasteiger partial charge in [0, 0.05) is 30.9 Å². The minimum atomic E-state index is -4.52. The van der Waals surface area contributed by atoms with Crippen LogP contribution in [0.15, 0.2) is 30.3 Å². The molecule has 9 heteroatoms. The average Bonchev–Trinajstić information content (AvgIpc) is 2.51. The molecule has 0 saturated carbocycles. The molecule has 1 saturated heterocycles. The number of para-hydroxylation sites is 1. The third kappa shape index (κ3) is 4.59. The van der Waals surface area contributed by atoms with E-state index in [0.717, 1.165) is 17.6 Å². The van der Waals surface area contributed by atoms with Gasteiger partial charge in [-0.05, 0) is 33.0 Å². The predicted octanol–water partition coefficient (Wildman–Crippen LogP) is 2.87. The fourth-order valence-electron chi connectivity index (χ4n) is 3.17. The molecule has 1 N–H and O–H groups in total. The molecule has 0 spiro atoms. The van der Waals surface area contributed by atoms with Gasteiger partial charge < -0.3 is 10.2 Å². The SMILES string of the molecule is Cc1cc(N2CC(N(C)CC(=O)Nc3ccccc3C(F)(F)F)C2)nc(C)n1. The zero-order chi connectivity index (χ0) is 20.5. The summed E-state index contributed by atoms with van der Waals surface area (Å²) in [6, 6.07) is 7.00. The van der Waals surface area contributed by atoms with E-state index in [1.54, 1.807) is 7.05 Å². The molecule has 1 aromatic heterocycles. The van der Waals surface area contributed by atoms with Crippen LogP contribution in [0.3, 0.4) is 0 Å². The van der Waals surface area contributed by atoms with Crippen molar-refractivity contribution >= 4 is 17.4 Å². The molecule has 3 rings (SSSR count). The summed E-state index contributed by atoms with van der Waals surface area (Å²) in [4.78, 5) is 24.8. The van der Waals surface area contributed by atoms with E-state index in [-0.39, 0.29) is 18.3 Å². The Hall–Kier alpha value is -2.68. The number of likely N-dealkylation sites (N-methyl/N-ethyl adjacent to an activating group) is 1. The van der Waals surface area contributed by atoms with Gasteiger partial charge in [0.15, 0.2) is 0 Å². The number of nitrogens with zero attached hydrogens (tertiary/aromatic N) is 4. The summed E-state index contributed by atoms with van der Waals surface area (Å²) in [5, 5.41) is 2.37. The third-order valence-corrected chi connectivity index (χ3v) is 4.66. The zero-order valence-electron chi connectivity index (χ0n) is 15.9. The number of amides is 1. The standard InChI is InChI=1S/C19H22F3N5O/c1-12-8-17(24-13(2)23-12)27-9-14(10-27)26(3)11-18(28)25-16-7-5-4-6-15(16)19(20,21)22/h4-8,14H,9-11H2,1-3H3,(H,25,28). The number of aryl methyl sites for hydroxylation is 2. The number of rotatable bonds is 5. The molecule has 0 unspecified atom stereocenters. The van der Waals surface area contributed by atoms with Crippen molar-refractivity contribution in [2.45, 2.75) is 26.1 Å². The number of hydrogen-bond donors (Lipinski definition) is 1. The highest BCUT2D eigenvalue weighted by Crippen LogP contribution is 2.34. The summed E-state index contributed by atoms with van der Waals surface area (Å²) in [6.45, 7) is 5.14. The van der Waals surface area contributed by atoms with E-state index in [1.807, 2.05) is 24.8 Å². The van der Waals surface area contributed by atoms with Crippen LogP contribution in [0.25, 0.3) is 0 Å². The maximum absolute atomic E-state index is 13.0. The Kier molecular flexibility index (Phi) is 5.55. The highest BCUT2D eigenvalue weighted by atomic mass is 19.4. The van der Waals surface area contributed by atoms with Gasteiger partial charge in [-0.2, -0.15) is 13.2 Å². The van der Waals surface area contributed by atoms with Crippen molar-refractivity contribution in [3.8, 4) is 0 Å². The number of halogens is 3. The first-order valence-electron chi connectivity index (χ1n) is 8.87. The van der Waals surface area contributed by atoms with Crippen molar-refractivity contribution in [3.05, 3.63) is 47.4 Å². The van der Waals surface area contributed by atoms with Gasteiger partial charge in [-0.3, -0.25) is 9.69 Å². The van der Waals surface area contributed by atoms with Crippen LogP contribution >= 0.6 is 0 Å². The molecule has 2 aromatic rings. The summed E-state index contributed by atoms with van der Waals surface area (Å²) in [6.07, 6.45) is -4.52. The van der Waals surface area contributed by atoms with Crippen LogP contribution < -0.4 is 10.2 Å². The molecule has 1 aliphatic rings. The molecule has 1 fully saturated rings. The van der Waals surface area contributed by atoms with Crippen molar-refractivity contribution in [2.24, 2.45) is 0 Å². The lowest BCUT2D eigenvalue weighted by atomic mass is 10.1. The lowest BCUT2D eigenvalue weighted by molar-refractivity contribution is -0.137. The summed E-state index contributed by atoms with van der Waals surface area (Å²) in [5.41, 5.74) is -0.187. The van der Waals surface area contributed by atoms with Crippen molar-refractivity contribution in [2.75, 3.05) is 36.9 Å². The zero-order valence-corrected chi connectivity index (χ0v) is 15.9. The van der Waals surface area contributed by atoms with Gasteiger partial charge in [0.1, 0.15) is 11.6 Å². The number of hydrogen-bond acceptors (Lipinski definition) is 5. The van der Waals surface area contributed by atoms with Gasteiger partial charge in [-0.1, -0.05) is 12.1 Å². The third-order valence-electron chi connectivity index (χ3n) is 4.66. The highest BCUT2D eigenvalue weighted by molar-refractivity contribution is 5.93. The van der Waals surface area contributed by atoms with Crippen LogP contribution in [-0.2, 0) is 11.0 Å². The van der Waals surface area contributed by atoms with E-state index in [1.165, 1.54) is 18.2 Å². The monoisotopic (exact) mass is 393 g/mol. The topological polar surface area (TPSA) is 61.4 Å². The van der Waals surface area contributed by atoms with Crippen LogP contribution in [0.4, 0.5) is 24.7 Å². The molecular weight excluding hydrogens is 371 g/mol. The summed E-state index contributed by atoms with van der Waals surface area (Å²) in [7, 11) is 1.79. The highest BCUT2D eigenvalue weighted by Gasteiger charge is 2.34. The Bertz CT molecular complexity index is 845. The van der Waals surface area contributed by atoms with Gasteiger partial charge in [0.25, 0.3) is 0 Å². The maximum atomic E-state index is 13.0. The van der Waals surface area contributed by atoms with E-state index >= 15 is 0 Å². The Morgan fingerprint density at radius 2 is 1.93 bits per heavy atom. The van der Waals surface area contributed by atoms with Crippen molar-refractivity contribution in [3.63, 3.8) is 0 Å². The molecule has 0 atom stereocenters. The molecular formula is C19H22F3N5O. The van der Waals surface area contributed by atoms with Crippen molar-refractivity contribution in [1.82, 2.24) is 14.9 Å². The van der Waals surface area contributed by atoms with Crippen LogP contribution in [0.5, 0.6) is 0 Å². The Labute approximate surface area is 161 Å². The molecule has 0 aliphatic carbocycles. The van der Waals surface area contributed by atoms with Gasteiger partial charge in [0.2, 0.25) is 5.91 Å². The van der Waals surface area contributed by atoms with Gasteiger partial charge in [-0.15, -0.1) is 0 Å². The quantitative estimate of drug-likeness (QED) is 0.847. The number of alkyl halides is 3. The molecule has 2 heterocycles. The number of carbonyl (C=O) groups is 1. The van der Waals surface area contributed by atoms with E-state index in [9.17, 15) is 18.0 Å². The predicted molar refractivity (Wildman–Crippen MR) is 100 cm³/mol. The van der Waals surface area contributed by atoms with Crippen LogP contribution in [0, 0.1) is 13.8 Å². The smallest absolute Gasteiger partial charge is 0.353 e. The molecule has 150 valence electrons. The fourth-order valence-corrected chi connectivity index (χ4v) is 3.17. The number of nitrogens with one attached hydrogen (secondary N) is 1. The first-order valence-corrected chi connectivity index (χ1v) is 8.87. The van der Waals surface area contributed by atoms with E-state index < -0.39 is 17.6 Å². The Balaban J connectivity index is 1.55. The van der Waals surface area contributed by atoms with Crippen molar-refractivity contribution < 1.29 is 18.0 Å². The largest absolute Gasteiger partial charge is 0.418 e. The van der Waals surface area contributed by atoms with Gasteiger partial charge >= 0.3 is 6.18 Å². The maximum Gasteiger partial charge on any atom is 0.418 e. The first kappa shape index (κ1) is 20.1. The molecule has 28 heavy (non-hydrogen) atoms. The lowest BCUT2D eigenvalue weighted by Gasteiger charge is -2.44. The number of anilines is 2. The molecule has 1 amide bonds. The number of benzene rings is 1. The van der Waals surface area contributed by atoms with Crippen LogP contribution in [0.1, 0.15) is 17.1 Å². The molecule has 0 radical (unpaired) electrons.